The molecule has 25 heteroatoms. The number of rotatable bonds is 15. The molecule has 13 atom stereocenters. The van der Waals surface area contributed by atoms with Crippen molar-refractivity contribution >= 4 is 41.6 Å². The molecule has 8 aromatic rings. The van der Waals surface area contributed by atoms with Gasteiger partial charge in [0.1, 0.15) is 17.2 Å². The first kappa shape index (κ1) is 89.2. The third-order valence-corrected chi connectivity index (χ3v) is 32.4. The number of nitrogens with one attached hydrogen (secondary N) is 3. The van der Waals surface area contributed by atoms with E-state index >= 15 is 0 Å². The van der Waals surface area contributed by atoms with Gasteiger partial charge in [-0.3, -0.25) is 19.4 Å². The van der Waals surface area contributed by atoms with E-state index < -0.39 is 30.1 Å². The molecular weight excluding hydrogens is 1580 g/mol. The van der Waals surface area contributed by atoms with Crippen LogP contribution in [-0.2, 0) is 118 Å². The molecule has 121 heavy (non-hydrogen) atoms. The van der Waals surface area contributed by atoms with E-state index in [0.29, 0.717) is 65.1 Å². The van der Waals surface area contributed by atoms with Gasteiger partial charge in [-0.05, 0) is 344 Å². The molecule has 648 valence electrons. The number of phenolic OH excluding ortho intramolecular Hbond substituents is 3. The van der Waals surface area contributed by atoms with Crippen LogP contribution in [0.1, 0.15) is 150 Å². The van der Waals surface area contributed by atoms with Crippen molar-refractivity contribution in [3.8, 4) is 17.2 Å². The summed E-state index contributed by atoms with van der Waals surface area (Å²) in [5.74, 6) is 1.83. The number of likely N-dealkylation sites (tertiary alicyclic amines) is 5. The van der Waals surface area contributed by atoms with Crippen molar-refractivity contribution in [2.45, 2.75) is 222 Å². The number of ketones is 2. The predicted octanol–water partition coefficient (Wildman–Crippen LogP) is 9.44. The molecule has 0 saturated carbocycles. The van der Waals surface area contributed by atoms with Crippen molar-refractivity contribution in [1.82, 2.24) is 40.4 Å². The smallest absolute Gasteiger partial charge is 0.238 e. The van der Waals surface area contributed by atoms with Crippen LogP contribution in [-0.4, -0.2) is 213 Å². The number of sulfonamides is 3. The standard InChI is InChI=1S/3C22H29N3O3S.2C15H19NO/c3*1-22-10-12-25(2)20(13-16-5-6-17(26)14-19(16)22)21(22)24-11-9-15-3-7-18(8-4-15)29(23,27)28;2*1-10-4-5-11-9-13-14(17)15(2,12(11)8-10)6-7-16(13)3/h3*3-8,14,20-21,24,26H,9-13H2,1-2H3,(H2,23,27,28);2*4-5,8,13H,6-7,9H2,1-3H3/t2*20-,21+,22+;20-,21-,22+;2*13-,15+/m10110/s1. The van der Waals surface area contributed by atoms with E-state index in [4.69, 9.17) is 15.4 Å². The van der Waals surface area contributed by atoms with Crippen LogP contribution >= 0.6 is 0 Å². The number of hydrogen-bond acceptors (Lipinski definition) is 19. The minimum Gasteiger partial charge on any atom is -0.508 e. The maximum absolute atomic E-state index is 12.6. The van der Waals surface area contributed by atoms with Gasteiger partial charge in [-0.15, -0.1) is 0 Å². The zero-order valence-electron chi connectivity index (χ0n) is 72.4. The normalized spacial score (nSPS) is 28.4. The quantitative estimate of drug-likeness (QED) is 0.0461. The summed E-state index contributed by atoms with van der Waals surface area (Å²) in [5, 5.41) is 57.0. The zero-order chi connectivity index (χ0) is 86.8. The van der Waals surface area contributed by atoms with Crippen LogP contribution < -0.4 is 31.4 Å². The first-order chi connectivity index (χ1) is 57.1. The van der Waals surface area contributed by atoms with Gasteiger partial charge in [-0.1, -0.05) is 123 Å². The van der Waals surface area contributed by atoms with Gasteiger partial charge in [-0.25, -0.2) is 40.7 Å². The summed E-state index contributed by atoms with van der Waals surface area (Å²) in [6.07, 6.45) is 12.1. The third kappa shape index (κ3) is 18.2. The number of piperidine rings is 5. The molecule has 0 amide bonds. The fourth-order valence-electron chi connectivity index (χ4n) is 21.9. The summed E-state index contributed by atoms with van der Waals surface area (Å²) in [6, 6.07) is 53.2. The second-order valence-electron chi connectivity index (χ2n) is 37.5. The average molecular weight is 1710 g/mol. The Morgan fingerprint density at radius 2 is 0.603 bits per heavy atom. The number of nitrogens with zero attached hydrogens (tertiary/aromatic N) is 5. The van der Waals surface area contributed by atoms with Gasteiger partial charge in [-0.2, -0.15) is 0 Å². The van der Waals surface area contributed by atoms with Crippen molar-refractivity contribution in [2.24, 2.45) is 15.4 Å². The van der Waals surface area contributed by atoms with Crippen LogP contribution in [0.15, 0.2) is 178 Å². The summed E-state index contributed by atoms with van der Waals surface area (Å²) >= 11 is 0. The lowest BCUT2D eigenvalue weighted by molar-refractivity contribution is -0.134. The van der Waals surface area contributed by atoms with E-state index in [1.165, 1.54) is 66.8 Å². The minimum absolute atomic E-state index is 0.0268. The molecule has 5 fully saturated rings. The Bertz CT molecular complexity index is 5060. The van der Waals surface area contributed by atoms with Gasteiger partial charge in [0.2, 0.25) is 30.1 Å². The number of carbonyl (C=O) groups is 2. The van der Waals surface area contributed by atoms with Gasteiger partial charge in [0.15, 0.2) is 11.6 Å². The lowest BCUT2D eigenvalue weighted by atomic mass is 9.61. The van der Waals surface area contributed by atoms with Crippen LogP contribution in [0.3, 0.4) is 0 Å². The van der Waals surface area contributed by atoms with Crippen LogP contribution in [0.2, 0.25) is 0 Å². The Labute approximate surface area is 717 Å². The van der Waals surface area contributed by atoms with Crippen molar-refractivity contribution in [1.29, 1.82) is 0 Å². The molecule has 22 nitrogen and oxygen atoms in total. The van der Waals surface area contributed by atoms with E-state index in [1.807, 2.05) is 54.6 Å². The molecular formula is C96H125N11O11S3. The number of benzene rings is 8. The molecule has 0 aromatic heterocycles. The molecule has 5 aliphatic heterocycles. The Morgan fingerprint density at radius 3 is 0.876 bits per heavy atom. The van der Waals surface area contributed by atoms with Gasteiger partial charge in [0.25, 0.3) is 0 Å². The number of nitrogens with two attached hydrogens (primary N) is 3. The van der Waals surface area contributed by atoms with E-state index in [0.717, 1.165) is 153 Å². The molecule has 5 aliphatic carbocycles. The van der Waals surface area contributed by atoms with Crippen molar-refractivity contribution in [2.75, 3.05) is 87.6 Å². The SMILES string of the molecule is CN1CC[C@@]2(C)c3cc(O)ccc3C[C@@H]1[C@@H]2NCCc1ccc(S(N)(=O)=O)cc1.CN1CC[C@@]2(C)c3cc(O)ccc3C[C@@H]1[C@H]2NCCc1ccc(S(N)(=O)=O)cc1.CN1CC[C@]2(C)c3cc(O)ccc3C[C@H]1[C@H]2NCCc1ccc(S(N)(=O)=O)cc1.Cc1ccc2c(c1)[C@@]1(C)CCN(C)[C@@H](C2)C1=O.Cc1ccc2c(c1)[C@]1(C)CCN(C)[C@H](C2)C1=O. The lowest BCUT2D eigenvalue weighted by Gasteiger charge is -2.55. The first-order valence-electron chi connectivity index (χ1n) is 42.9. The van der Waals surface area contributed by atoms with Crippen LogP contribution in [0.5, 0.6) is 17.2 Å². The Hall–Kier alpha value is -8.09. The Morgan fingerprint density at radius 1 is 0.347 bits per heavy atom. The summed E-state index contributed by atoms with van der Waals surface area (Å²) in [5.41, 5.74) is 18.3. The van der Waals surface area contributed by atoms with Crippen LogP contribution in [0.4, 0.5) is 0 Å². The van der Waals surface area contributed by atoms with E-state index in [1.54, 1.807) is 54.6 Å². The number of fused-ring (bicyclic) bond motifs is 20. The average Bonchev–Trinajstić information content (AvgIpc) is 0.759. The molecule has 0 radical (unpaired) electrons. The van der Waals surface area contributed by atoms with Gasteiger partial charge in [0.05, 0.1) is 37.6 Å². The third-order valence-electron chi connectivity index (χ3n) is 29.6. The molecule has 10 aliphatic rings. The fraction of sp³-hybridized carbons (Fsp3) is 0.479. The Balaban J connectivity index is 0.000000126. The van der Waals surface area contributed by atoms with Crippen LogP contribution in [0, 0.1) is 13.8 Å². The topological polar surface area (TPSA) is 328 Å². The van der Waals surface area contributed by atoms with Crippen molar-refractivity contribution < 1.29 is 50.2 Å². The molecule has 5 saturated heterocycles. The largest absolute Gasteiger partial charge is 0.508 e. The number of likely N-dealkylation sites (N-methyl/N-ethyl adjacent to an activating group) is 5. The fourth-order valence-corrected chi connectivity index (χ4v) is 23.4. The first-order valence-corrected chi connectivity index (χ1v) is 47.6. The maximum atomic E-state index is 12.6. The monoisotopic (exact) mass is 1700 g/mol. The van der Waals surface area contributed by atoms with Crippen molar-refractivity contribution in [3.63, 3.8) is 0 Å². The summed E-state index contributed by atoms with van der Waals surface area (Å²) in [4.78, 5) is 37.3. The summed E-state index contributed by atoms with van der Waals surface area (Å²) in [7, 11) is -0.252. The molecule has 0 spiro atoms. The number of aromatic hydroxyl groups is 3. The van der Waals surface area contributed by atoms with E-state index in [2.05, 4.69) is 179 Å². The van der Waals surface area contributed by atoms with Gasteiger partial charge in [0, 0.05) is 52.5 Å². The maximum Gasteiger partial charge on any atom is 0.238 e. The molecule has 18 rings (SSSR count). The highest BCUT2D eigenvalue weighted by Crippen LogP contribution is 2.50. The minimum atomic E-state index is -3.66. The van der Waals surface area contributed by atoms with Crippen LogP contribution in [0.25, 0.3) is 0 Å². The number of aryl methyl sites for hydroxylation is 2. The second kappa shape index (κ2) is 34.8. The van der Waals surface area contributed by atoms with Gasteiger partial charge >= 0.3 is 0 Å². The lowest BCUT2D eigenvalue weighted by Crippen LogP contribution is -2.66. The molecule has 0 unspecified atom stereocenters. The number of carbonyl (C=O) groups excluding carboxylic acids is 2. The predicted molar refractivity (Wildman–Crippen MR) is 477 cm³/mol. The number of Topliss-reactive ketones (excluding diaryl/α,β-unsaturated/α-hetero) is 2. The molecule has 10 bridgehead atoms. The Kier molecular flexibility index (Phi) is 25.6. The molecule has 12 N–H and O–H groups in total. The summed E-state index contributed by atoms with van der Waals surface area (Å²) < 4.78 is 68.5. The highest BCUT2D eigenvalue weighted by molar-refractivity contribution is 7.89. The van der Waals surface area contributed by atoms with Crippen molar-refractivity contribution in [3.05, 3.63) is 247 Å². The zero-order valence-corrected chi connectivity index (χ0v) is 74.8. The highest BCUT2D eigenvalue weighted by Gasteiger charge is 2.55. The van der Waals surface area contributed by atoms with Gasteiger partial charge < -0.3 is 46.0 Å². The number of hydrogen-bond donors (Lipinski definition) is 9. The van der Waals surface area contributed by atoms with E-state index in [-0.39, 0.29) is 53.8 Å². The number of primary sulfonamides is 3. The van der Waals surface area contributed by atoms with E-state index in [9.17, 15) is 50.2 Å². The molecule has 8 aromatic carbocycles. The molecule has 5 heterocycles. The number of phenols is 3. The second-order valence-corrected chi connectivity index (χ2v) is 42.2. The summed E-state index contributed by atoms with van der Waals surface area (Å²) in [6.45, 7) is 23.0. The highest BCUT2D eigenvalue weighted by atomic mass is 32.2.